The van der Waals surface area contributed by atoms with Gasteiger partial charge in [0.1, 0.15) is 0 Å². The summed E-state index contributed by atoms with van der Waals surface area (Å²) in [7, 11) is -1.54. The quantitative estimate of drug-likeness (QED) is 0.762. The van der Waals surface area contributed by atoms with Gasteiger partial charge in [0, 0.05) is 31.5 Å². The maximum absolute atomic E-state index is 12.2. The summed E-state index contributed by atoms with van der Waals surface area (Å²) in [5, 5.41) is 3.05. The molecule has 0 fully saturated rings. The highest BCUT2D eigenvalue weighted by Crippen LogP contribution is 2.15. The Kier molecular flexibility index (Phi) is 6.03. The van der Waals surface area contributed by atoms with Crippen molar-refractivity contribution in [3.63, 3.8) is 0 Å². The number of aryl methyl sites for hydroxylation is 1. The summed E-state index contributed by atoms with van der Waals surface area (Å²) >= 11 is 0. The molecule has 1 atom stereocenters. The van der Waals surface area contributed by atoms with E-state index in [4.69, 9.17) is 0 Å². The number of aromatic nitrogens is 1. The summed E-state index contributed by atoms with van der Waals surface area (Å²) < 4.78 is 29.0. The zero-order valence-electron chi connectivity index (χ0n) is 12.2. The normalized spacial score (nSPS) is 13.7. The van der Waals surface area contributed by atoms with Crippen LogP contribution in [0.5, 0.6) is 0 Å². The maximum Gasteiger partial charge on any atom is 0.242 e. The highest BCUT2D eigenvalue weighted by atomic mass is 32.2. The summed E-state index contributed by atoms with van der Waals surface area (Å²) in [5.41, 5.74) is 0.980. The minimum atomic E-state index is -3.39. The fourth-order valence-electron chi connectivity index (χ4n) is 1.78. The minimum absolute atomic E-state index is 0.347. The van der Waals surface area contributed by atoms with Gasteiger partial charge in [-0.05, 0) is 26.0 Å². The lowest BCUT2D eigenvalue weighted by Crippen LogP contribution is -2.28. The Morgan fingerprint density at radius 3 is 2.58 bits per heavy atom. The summed E-state index contributed by atoms with van der Waals surface area (Å²) in [6.45, 7) is 8.00. The molecule has 0 aliphatic rings. The van der Waals surface area contributed by atoms with Gasteiger partial charge in [0.25, 0.3) is 0 Å². The van der Waals surface area contributed by atoms with E-state index in [0.717, 1.165) is 18.7 Å². The van der Waals surface area contributed by atoms with Crippen LogP contribution in [0.25, 0.3) is 0 Å². The van der Waals surface area contributed by atoms with Gasteiger partial charge in [-0.3, -0.25) is 0 Å². The molecule has 5 nitrogen and oxygen atoms in total. The van der Waals surface area contributed by atoms with Crippen molar-refractivity contribution in [2.24, 2.45) is 5.92 Å². The Bertz CT molecular complexity index is 494. The van der Waals surface area contributed by atoms with Gasteiger partial charge < -0.3 is 9.88 Å². The monoisotopic (exact) mass is 287 g/mol. The third kappa shape index (κ3) is 4.33. The number of hydrogen-bond donors (Lipinski definition) is 2. The lowest BCUT2D eigenvalue weighted by atomic mass is 10.1. The van der Waals surface area contributed by atoms with Gasteiger partial charge >= 0.3 is 0 Å². The SMILES string of the molecule is CCC(C)CNS(=O)(=O)c1cc(CNC)n(CC)c1. The van der Waals surface area contributed by atoms with E-state index in [1.54, 1.807) is 12.3 Å². The highest BCUT2D eigenvalue weighted by Gasteiger charge is 2.18. The van der Waals surface area contributed by atoms with Crippen molar-refractivity contribution >= 4 is 10.0 Å². The van der Waals surface area contributed by atoms with Crippen LogP contribution in [0.15, 0.2) is 17.2 Å². The first-order chi connectivity index (χ1) is 8.94. The van der Waals surface area contributed by atoms with Crippen LogP contribution < -0.4 is 10.0 Å². The van der Waals surface area contributed by atoms with Crippen LogP contribution in [0.4, 0.5) is 0 Å². The molecule has 19 heavy (non-hydrogen) atoms. The molecule has 110 valence electrons. The van der Waals surface area contributed by atoms with Crippen molar-refractivity contribution in [2.45, 2.75) is 45.2 Å². The number of hydrogen-bond acceptors (Lipinski definition) is 3. The molecule has 1 aromatic rings. The lowest BCUT2D eigenvalue weighted by Gasteiger charge is -2.09. The number of sulfonamides is 1. The fraction of sp³-hybridized carbons (Fsp3) is 0.692. The summed E-state index contributed by atoms with van der Waals surface area (Å²) in [6, 6.07) is 1.74. The number of nitrogens with one attached hydrogen (secondary N) is 2. The average Bonchev–Trinajstić information content (AvgIpc) is 2.80. The Labute approximate surface area is 116 Å². The molecule has 1 aromatic heterocycles. The fourth-order valence-corrected chi connectivity index (χ4v) is 3.00. The molecule has 0 aliphatic heterocycles. The van der Waals surface area contributed by atoms with E-state index in [0.29, 0.717) is 23.9 Å². The molecule has 0 saturated carbocycles. The van der Waals surface area contributed by atoms with E-state index in [2.05, 4.69) is 17.0 Å². The molecule has 0 radical (unpaired) electrons. The molecule has 0 bridgehead atoms. The van der Waals surface area contributed by atoms with Gasteiger partial charge in [-0.15, -0.1) is 0 Å². The van der Waals surface area contributed by atoms with Gasteiger partial charge in [0.15, 0.2) is 0 Å². The summed E-state index contributed by atoms with van der Waals surface area (Å²) in [4.78, 5) is 0.350. The number of rotatable bonds is 8. The topological polar surface area (TPSA) is 63.1 Å². The second-order valence-electron chi connectivity index (χ2n) is 4.85. The maximum atomic E-state index is 12.2. The van der Waals surface area contributed by atoms with Crippen LogP contribution in [0.3, 0.4) is 0 Å². The van der Waals surface area contributed by atoms with Gasteiger partial charge in [-0.2, -0.15) is 0 Å². The Morgan fingerprint density at radius 2 is 2.05 bits per heavy atom. The molecule has 0 aromatic carbocycles. The van der Waals surface area contributed by atoms with E-state index >= 15 is 0 Å². The van der Waals surface area contributed by atoms with Crippen LogP contribution >= 0.6 is 0 Å². The molecule has 0 saturated heterocycles. The van der Waals surface area contributed by atoms with Crippen molar-refractivity contribution in [1.82, 2.24) is 14.6 Å². The van der Waals surface area contributed by atoms with Crippen LogP contribution in [0, 0.1) is 5.92 Å². The molecule has 0 aliphatic carbocycles. The van der Waals surface area contributed by atoms with Gasteiger partial charge in [-0.1, -0.05) is 20.3 Å². The zero-order chi connectivity index (χ0) is 14.5. The molecular formula is C13H25N3O2S. The third-order valence-electron chi connectivity index (χ3n) is 3.29. The molecule has 0 amide bonds. The van der Waals surface area contributed by atoms with Crippen LogP contribution in [0.1, 0.15) is 32.9 Å². The van der Waals surface area contributed by atoms with E-state index in [9.17, 15) is 8.42 Å². The van der Waals surface area contributed by atoms with E-state index in [-0.39, 0.29) is 0 Å². The summed E-state index contributed by atoms with van der Waals surface area (Å²) in [5.74, 6) is 0.347. The highest BCUT2D eigenvalue weighted by molar-refractivity contribution is 7.89. The first-order valence-corrected chi connectivity index (χ1v) is 8.26. The van der Waals surface area contributed by atoms with Crippen LogP contribution in [0.2, 0.25) is 0 Å². The minimum Gasteiger partial charge on any atom is -0.349 e. The summed E-state index contributed by atoms with van der Waals surface area (Å²) in [6.07, 6.45) is 2.66. The van der Waals surface area contributed by atoms with Crippen LogP contribution in [-0.2, 0) is 23.1 Å². The second kappa shape index (κ2) is 7.07. The zero-order valence-corrected chi connectivity index (χ0v) is 13.0. The molecule has 2 N–H and O–H groups in total. The molecular weight excluding hydrogens is 262 g/mol. The van der Waals surface area contributed by atoms with Crippen molar-refractivity contribution in [3.8, 4) is 0 Å². The third-order valence-corrected chi connectivity index (χ3v) is 4.68. The van der Waals surface area contributed by atoms with Gasteiger partial charge in [0.2, 0.25) is 10.0 Å². The molecule has 1 heterocycles. The average molecular weight is 287 g/mol. The molecule has 0 spiro atoms. The van der Waals surface area contributed by atoms with Crippen molar-refractivity contribution < 1.29 is 8.42 Å². The van der Waals surface area contributed by atoms with Crippen molar-refractivity contribution in [3.05, 3.63) is 18.0 Å². The lowest BCUT2D eigenvalue weighted by molar-refractivity contribution is 0.528. The first kappa shape index (κ1) is 16.2. The van der Waals surface area contributed by atoms with Crippen LogP contribution in [-0.4, -0.2) is 26.6 Å². The van der Waals surface area contributed by atoms with E-state index in [1.807, 2.05) is 25.5 Å². The Morgan fingerprint density at radius 1 is 1.37 bits per heavy atom. The van der Waals surface area contributed by atoms with E-state index < -0.39 is 10.0 Å². The van der Waals surface area contributed by atoms with Gasteiger partial charge in [0.05, 0.1) is 4.90 Å². The van der Waals surface area contributed by atoms with Gasteiger partial charge in [-0.25, -0.2) is 13.1 Å². The van der Waals surface area contributed by atoms with Crippen molar-refractivity contribution in [1.29, 1.82) is 0 Å². The predicted octanol–water partition coefficient (Wildman–Crippen LogP) is 1.55. The number of nitrogens with zero attached hydrogens (tertiary/aromatic N) is 1. The molecule has 1 unspecified atom stereocenters. The van der Waals surface area contributed by atoms with E-state index in [1.165, 1.54) is 0 Å². The van der Waals surface area contributed by atoms with Crippen molar-refractivity contribution in [2.75, 3.05) is 13.6 Å². The second-order valence-corrected chi connectivity index (χ2v) is 6.62. The molecule has 1 rings (SSSR count). The first-order valence-electron chi connectivity index (χ1n) is 6.77. The standard InChI is InChI=1S/C13H25N3O2S/c1-5-11(3)8-15-19(17,18)13-7-12(9-14-4)16(6-2)10-13/h7,10-11,14-15H,5-6,8-9H2,1-4H3. The Balaban J connectivity index is 2.89. The largest absolute Gasteiger partial charge is 0.349 e. The predicted molar refractivity (Wildman–Crippen MR) is 77.5 cm³/mol. The Hall–Kier alpha value is -0.850. The molecule has 6 heteroatoms. The smallest absolute Gasteiger partial charge is 0.242 e.